The van der Waals surface area contributed by atoms with Crippen molar-refractivity contribution in [2.75, 3.05) is 44.4 Å². The first-order valence-electron chi connectivity index (χ1n) is 6.90. The van der Waals surface area contributed by atoms with Crippen molar-refractivity contribution < 1.29 is 0 Å². The SMILES string of the molecule is CCCNC1CN(C)CCN1c1ncc(SC)c(Cl)n1. The van der Waals surface area contributed by atoms with Crippen molar-refractivity contribution >= 4 is 29.3 Å². The molecule has 7 heteroatoms. The highest BCUT2D eigenvalue weighted by Crippen LogP contribution is 2.25. The van der Waals surface area contributed by atoms with Gasteiger partial charge in [-0.15, -0.1) is 11.8 Å². The number of likely N-dealkylation sites (N-methyl/N-ethyl adjacent to an activating group) is 1. The summed E-state index contributed by atoms with van der Waals surface area (Å²) in [5.41, 5.74) is 0. The Labute approximate surface area is 130 Å². The molecule has 1 saturated heterocycles. The number of hydrogen-bond donors (Lipinski definition) is 1. The molecule has 0 aromatic carbocycles. The van der Waals surface area contributed by atoms with Gasteiger partial charge in [-0.25, -0.2) is 4.98 Å². The maximum absolute atomic E-state index is 6.20. The second-order valence-corrected chi connectivity index (χ2v) is 6.16. The van der Waals surface area contributed by atoms with Gasteiger partial charge in [0.15, 0.2) is 0 Å². The zero-order chi connectivity index (χ0) is 14.5. The van der Waals surface area contributed by atoms with Crippen LogP contribution in [0.1, 0.15) is 13.3 Å². The summed E-state index contributed by atoms with van der Waals surface area (Å²) >= 11 is 7.77. The number of thioether (sulfide) groups is 1. The maximum atomic E-state index is 6.20. The molecule has 1 aromatic heterocycles. The Morgan fingerprint density at radius 2 is 2.30 bits per heavy atom. The fourth-order valence-electron chi connectivity index (χ4n) is 2.26. The summed E-state index contributed by atoms with van der Waals surface area (Å²) in [5.74, 6) is 0.717. The van der Waals surface area contributed by atoms with E-state index in [0.29, 0.717) is 5.15 Å². The molecule has 2 rings (SSSR count). The van der Waals surface area contributed by atoms with Gasteiger partial charge in [0.25, 0.3) is 0 Å². The van der Waals surface area contributed by atoms with E-state index in [0.717, 1.165) is 43.4 Å². The first kappa shape index (κ1) is 15.8. The van der Waals surface area contributed by atoms with Crippen LogP contribution < -0.4 is 10.2 Å². The predicted octanol–water partition coefficient (Wildman–Crippen LogP) is 1.93. The quantitative estimate of drug-likeness (QED) is 0.661. The molecule has 1 fully saturated rings. The summed E-state index contributed by atoms with van der Waals surface area (Å²) < 4.78 is 0. The smallest absolute Gasteiger partial charge is 0.228 e. The van der Waals surface area contributed by atoms with Crippen molar-refractivity contribution in [3.63, 3.8) is 0 Å². The van der Waals surface area contributed by atoms with E-state index in [1.807, 2.05) is 12.5 Å². The number of rotatable bonds is 5. The molecule has 1 unspecified atom stereocenters. The molecule has 1 aliphatic heterocycles. The molecule has 2 heterocycles. The minimum absolute atomic E-state index is 0.241. The summed E-state index contributed by atoms with van der Waals surface area (Å²) in [7, 11) is 2.14. The zero-order valence-electron chi connectivity index (χ0n) is 12.3. The number of halogens is 1. The Kier molecular flexibility index (Phi) is 5.89. The topological polar surface area (TPSA) is 44.3 Å². The van der Waals surface area contributed by atoms with Gasteiger partial charge in [-0.3, -0.25) is 5.32 Å². The van der Waals surface area contributed by atoms with Crippen LogP contribution in [-0.4, -0.2) is 60.5 Å². The first-order valence-corrected chi connectivity index (χ1v) is 8.51. The Morgan fingerprint density at radius 3 is 2.95 bits per heavy atom. The third kappa shape index (κ3) is 3.75. The van der Waals surface area contributed by atoms with Gasteiger partial charge in [-0.1, -0.05) is 18.5 Å². The highest BCUT2D eigenvalue weighted by Gasteiger charge is 2.27. The van der Waals surface area contributed by atoms with Crippen molar-refractivity contribution in [3.05, 3.63) is 11.3 Å². The van der Waals surface area contributed by atoms with Crippen LogP contribution in [0.3, 0.4) is 0 Å². The van der Waals surface area contributed by atoms with Gasteiger partial charge in [0.05, 0.1) is 11.1 Å². The summed E-state index contributed by atoms with van der Waals surface area (Å²) in [6, 6.07) is 0. The van der Waals surface area contributed by atoms with Gasteiger partial charge in [0.2, 0.25) is 5.95 Å². The van der Waals surface area contributed by atoms with E-state index in [2.05, 4.69) is 39.1 Å². The normalized spacial score (nSPS) is 20.4. The van der Waals surface area contributed by atoms with E-state index in [1.165, 1.54) is 0 Å². The number of anilines is 1. The summed E-state index contributed by atoms with van der Waals surface area (Å²) in [5, 5.41) is 4.09. The standard InChI is InChI=1S/C13H22ClN5S/c1-4-5-15-11-9-18(2)6-7-19(11)13-16-8-10(20-3)12(14)17-13/h8,11,15H,4-7,9H2,1-3H3. The second kappa shape index (κ2) is 7.45. The van der Waals surface area contributed by atoms with E-state index < -0.39 is 0 Å². The van der Waals surface area contributed by atoms with Crippen LogP contribution in [0.25, 0.3) is 0 Å². The van der Waals surface area contributed by atoms with Crippen molar-refractivity contribution in [1.82, 2.24) is 20.2 Å². The van der Waals surface area contributed by atoms with Crippen LogP contribution >= 0.6 is 23.4 Å². The first-order chi connectivity index (χ1) is 9.65. The number of hydrogen-bond acceptors (Lipinski definition) is 6. The third-order valence-corrected chi connectivity index (χ3v) is 4.53. The monoisotopic (exact) mass is 315 g/mol. The summed E-state index contributed by atoms with van der Waals surface area (Å²) in [6.45, 7) is 6.05. The van der Waals surface area contributed by atoms with Crippen LogP contribution in [0.4, 0.5) is 5.95 Å². The minimum Gasteiger partial charge on any atom is -0.323 e. The van der Waals surface area contributed by atoms with Gasteiger partial charge in [-0.2, -0.15) is 4.98 Å². The lowest BCUT2D eigenvalue weighted by Crippen LogP contribution is -2.59. The molecule has 1 N–H and O–H groups in total. The molecule has 5 nitrogen and oxygen atoms in total. The molecule has 0 bridgehead atoms. The average molecular weight is 316 g/mol. The van der Waals surface area contributed by atoms with Crippen molar-refractivity contribution in [1.29, 1.82) is 0 Å². The highest BCUT2D eigenvalue weighted by atomic mass is 35.5. The molecule has 0 spiro atoms. The lowest BCUT2D eigenvalue weighted by atomic mass is 10.2. The molecule has 1 aromatic rings. The maximum Gasteiger partial charge on any atom is 0.228 e. The number of nitrogens with zero attached hydrogens (tertiary/aromatic N) is 4. The minimum atomic E-state index is 0.241. The van der Waals surface area contributed by atoms with Gasteiger partial charge >= 0.3 is 0 Å². The van der Waals surface area contributed by atoms with E-state index in [4.69, 9.17) is 11.6 Å². The van der Waals surface area contributed by atoms with E-state index in [-0.39, 0.29) is 6.17 Å². The average Bonchev–Trinajstić information content (AvgIpc) is 2.45. The summed E-state index contributed by atoms with van der Waals surface area (Å²) in [6.07, 6.45) is 5.14. The number of aromatic nitrogens is 2. The van der Waals surface area contributed by atoms with Gasteiger partial charge in [-0.05, 0) is 26.3 Å². The Bertz CT molecular complexity index is 445. The number of piperazine rings is 1. The molecule has 1 atom stereocenters. The van der Waals surface area contributed by atoms with Crippen LogP contribution in [0, 0.1) is 0 Å². The summed E-state index contributed by atoms with van der Waals surface area (Å²) in [4.78, 5) is 14.4. The van der Waals surface area contributed by atoms with Gasteiger partial charge in [0, 0.05) is 25.8 Å². The molecular weight excluding hydrogens is 294 g/mol. The predicted molar refractivity (Wildman–Crippen MR) is 85.7 cm³/mol. The molecule has 0 radical (unpaired) electrons. The Hall–Kier alpha value is -0.560. The van der Waals surface area contributed by atoms with E-state index in [1.54, 1.807) is 11.8 Å². The molecular formula is C13H22ClN5S. The van der Waals surface area contributed by atoms with Crippen LogP contribution in [0.15, 0.2) is 11.1 Å². The molecule has 0 amide bonds. The van der Waals surface area contributed by atoms with Crippen molar-refractivity contribution in [2.24, 2.45) is 0 Å². The van der Waals surface area contributed by atoms with Gasteiger partial charge < -0.3 is 9.80 Å². The van der Waals surface area contributed by atoms with Crippen LogP contribution in [-0.2, 0) is 0 Å². The van der Waals surface area contributed by atoms with Crippen LogP contribution in [0.5, 0.6) is 0 Å². The fourth-order valence-corrected chi connectivity index (χ4v) is 2.99. The van der Waals surface area contributed by atoms with Gasteiger partial charge in [0.1, 0.15) is 5.15 Å². The molecule has 0 aliphatic carbocycles. The molecule has 0 saturated carbocycles. The van der Waals surface area contributed by atoms with Crippen LogP contribution in [0.2, 0.25) is 5.15 Å². The lowest BCUT2D eigenvalue weighted by molar-refractivity contribution is 0.243. The highest BCUT2D eigenvalue weighted by molar-refractivity contribution is 7.98. The largest absolute Gasteiger partial charge is 0.323 e. The van der Waals surface area contributed by atoms with Crippen molar-refractivity contribution in [3.8, 4) is 0 Å². The Balaban J connectivity index is 2.17. The lowest BCUT2D eigenvalue weighted by Gasteiger charge is -2.40. The number of nitrogens with one attached hydrogen (secondary N) is 1. The van der Waals surface area contributed by atoms with E-state index in [9.17, 15) is 0 Å². The fraction of sp³-hybridized carbons (Fsp3) is 0.692. The molecule has 112 valence electrons. The zero-order valence-corrected chi connectivity index (χ0v) is 13.8. The molecule has 1 aliphatic rings. The van der Waals surface area contributed by atoms with E-state index >= 15 is 0 Å². The molecule has 20 heavy (non-hydrogen) atoms. The second-order valence-electron chi connectivity index (χ2n) is 4.95. The van der Waals surface area contributed by atoms with Crippen molar-refractivity contribution in [2.45, 2.75) is 24.4 Å². The third-order valence-electron chi connectivity index (χ3n) is 3.39. The Morgan fingerprint density at radius 1 is 1.50 bits per heavy atom.